The Labute approximate surface area is 185 Å². The lowest BCUT2D eigenvalue weighted by atomic mass is 9.84. The number of anilines is 1. The van der Waals surface area contributed by atoms with Gasteiger partial charge in [0.15, 0.2) is 0 Å². The molecule has 1 aliphatic carbocycles. The Balaban J connectivity index is 2.10. The van der Waals surface area contributed by atoms with E-state index in [1.807, 2.05) is 32.0 Å². The highest BCUT2D eigenvalue weighted by Crippen LogP contribution is 2.27. The van der Waals surface area contributed by atoms with Gasteiger partial charge in [-0.1, -0.05) is 64.2 Å². The summed E-state index contributed by atoms with van der Waals surface area (Å²) in [5.74, 6) is -0.986. The lowest BCUT2D eigenvalue weighted by Gasteiger charge is -2.29. The zero-order valence-corrected chi connectivity index (χ0v) is 18.9. The van der Waals surface area contributed by atoms with Gasteiger partial charge in [-0.25, -0.2) is 0 Å². The molecular weight excluding hydrogens is 394 g/mol. The summed E-state index contributed by atoms with van der Waals surface area (Å²) < 4.78 is 0. The molecule has 0 saturated heterocycles. The zero-order chi connectivity index (χ0) is 22.8. The maximum absolute atomic E-state index is 13.2. The van der Waals surface area contributed by atoms with Crippen LogP contribution in [0.1, 0.15) is 65.7 Å². The number of hydrogen-bond acceptors (Lipinski definition) is 4. The molecule has 1 unspecified atom stereocenters. The molecule has 0 spiro atoms. The van der Waals surface area contributed by atoms with Gasteiger partial charge >= 0.3 is 5.97 Å². The van der Waals surface area contributed by atoms with E-state index in [0.717, 1.165) is 25.7 Å². The van der Waals surface area contributed by atoms with E-state index in [1.54, 1.807) is 12.1 Å². The molecule has 172 valence electrons. The number of benzene rings is 1. The third kappa shape index (κ3) is 8.69. The molecule has 1 aromatic carbocycles. The molecule has 0 heterocycles. The van der Waals surface area contributed by atoms with Gasteiger partial charge in [-0.2, -0.15) is 0 Å². The highest BCUT2D eigenvalue weighted by atomic mass is 16.4. The number of carbonyl (C=O) groups excluding carboxylic acids is 2. The van der Waals surface area contributed by atoms with Gasteiger partial charge < -0.3 is 15.7 Å². The first-order valence-corrected chi connectivity index (χ1v) is 11.4. The second kappa shape index (κ2) is 12.4. The van der Waals surface area contributed by atoms with Crippen molar-refractivity contribution in [3.63, 3.8) is 0 Å². The molecule has 3 atom stereocenters. The zero-order valence-electron chi connectivity index (χ0n) is 18.9. The van der Waals surface area contributed by atoms with Crippen LogP contribution in [0.25, 0.3) is 0 Å². The van der Waals surface area contributed by atoms with Crippen LogP contribution < -0.4 is 16.0 Å². The first kappa shape index (κ1) is 24.9. The predicted octanol–water partition coefficient (Wildman–Crippen LogP) is 3.56. The van der Waals surface area contributed by atoms with Gasteiger partial charge in [-0.15, -0.1) is 0 Å². The molecule has 4 N–H and O–H groups in total. The standard InChI is InChI=1S/C24H37N3O4/c1-16(2)14-20(22(28)26-19-12-8-5-9-13-19)27-23(29)21(25-17(3)24(30)31)15-18-10-6-4-7-11-18/h5,8-9,12-13,16-18,20-21,25H,4,6-7,10-11,14-15H2,1-3H3,(H,26,28)(H,27,29)(H,30,31)/t17?,20-,21-/m0/s1. The predicted molar refractivity (Wildman–Crippen MR) is 122 cm³/mol. The fourth-order valence-corrected chi connectivity index (χ4v) is 4.11. The summed E-state index contributed by atoms with van der Waals surface area (Å²) in [6, 6.07) is 6.96. The molecule has 0 aromatic heterocycles. The fourth-order valence-electron chi connectivity index (χ4n) is 4.11. The third-order valence-corrected chi connectivity index (χ3v) is 5.81. The van der Waals surface area contributed by atoms with Gasteiger partial charge in [0, 0.05) is 5.69 Å². The van der Waals surface area contributed by atoms with Gasteiger partial charge in [-0.05, 0) is 43.7 Å². The molecule has 0 radical (unpaired) electrons. The molecule has 0 bridgehead atoms. The van der Waals surface area contributed by atoms with E-state index in [4.69, 9.17) is 0 Å². The summed E-state index contributed by atoms with van der Waals surface area (Å²) in [5.41, 5.74) is 0.673. The van der Waals surface area contributed by atoms with Gasteiger partial charge in [0.25, 0.3) is 0 Å². The number of para-hydroxylation sites is 1. The molecule has 7 nitrogen and oxygen atoms in total. The quantitative estimate of drug-likeness (QED) is 0.429. The monoisotopic (exact) mass is 431 g/mol. The van der Waals surface area contributed by atoms with Crippen LogP contribution in [0.2, 0.25) is 0 Å². The molecule has 2 amide bonds. The Kier molecular flexibility index (Phi) is 9.98. The Hall–Kier alpha value is -2.41. The number of rotatable bonds is 11. The van der Waals surface area contributed by atoms with Gasteiger partial charge in [-0.3, -0.25) is 19.7 Å². The van der Waals surface area contributed by atoms with Crippen molar-refractivity contribution in [3.8, 4) is 0 Å². The first-order valence-electron chi connectivity index (χ1n) is 11.4. The minimum absolute atomic E-state index is 0.203. The fraction of sp³-hybridized carbons (Fsp3) is 0.625. The van der Waals surface area contributed by atoms with Crippen LogP contribution in [0.15, 0.2) is 30.3 Å². The van der Waals surface area contributed by atoms with Gasteiger partial charge in [0.05, 0.1) is 6.04 Å². The molecule has 1 aromatic rings. The van der Waals surface area contributed by atoms with Crippen molar-refractivity contribution in [2.24, 2.45) is 11.8 Å². The van der Waals surface area contributed by atoms with E-state index in [2.05, 4.69) is 16.0 Å². The van der Waals surface area contributed by atoms with Crippen molar-refractivity contribution in [2.45, 2.75) is 83.8 Å². The van der Waals surface area contributed by atoms with Crippen molar-refractivity contribution in [1.82, 2.24) is 10.6 Å². The van der Waals surface area contributed by atoms with Crippen LogP contribution in [-0.2, 0) is 14.4 Å². The second-order valence-corrected chi connectivity index (χ2v) is 9.06. The topological polar surface area (TPSA) is 108 Å². The van der Waals surface area contributed by atoms with Crippen molar-refractivity contribution < 1.29 is 19.5 Å². The molecule has 2 rings (SSSR count). The molecular formula is C24H37N3O4. The van der Waals surface area contributed by atoms with Crippen LogP contribution in [0.4, 0.5) is 5.69 Å². The van der Waals surface area contributed by atoms with Crippen LogP contribution >= 0.6 is 0 Å². The van der Waals surface area contributed by atoms with E-state index in [1.165, 1.54) is 13.3 Å². The van der Waals surface area contributed by atoms with Crippen molar-refractivity contribution in [2.75, 3.05) is 5.32 Å². The van der Waals surface area contributed by atoms with Gasteiger partial charge in [0.1, 0.15) is 12.1 Å². The molecule has 7 heteroatoms. The summed E-state index contributed by atoms with van der Waals surface area (Å²) in [5, 5.41) is 18.0. The summed E-state index contributed by atoms with van der Waals surface area (Å²) in [7, 11) is 0. The average Bonchev–Trinajstić information content (AvgIpc) is 2.73. The van der Waals surface area contributed by atoms with Crippen LogP contribution in [-0.4, -0.2) is 41.0 Å². The number of carboxylic acids is 1. The Morgan fingerprint density at radius 2 is 1.61 bits per heavy atom. The largest absolute Gasteiger partial charge is 0.480 e. The summed E-state index contributed by atoms with van der Waals surface area (Å²) in [6.07, 6.45) is 6.68. The number of aliphatic carboxylic acids is 1. The summed E-state index contributed by atoms with van der Waals surface area (Å²) in [4.78, 5) is 37.4. The van der Waals surface area contributed by atoms with Crippen molar-refractivity contribution >= 4 is 23.5 Å². The maximum Gasteiger partial charge on any atom is 0.320 e. The maximum atomic E-state index is 13.2. The lowest BCUT2D eigenvalue weighted by molar-refractivity contribution is -0.139. The summed E-state index contributed by atoms with van der Waals surface area (Å²) in [6.45, 7) is 5.54. The lowest BCUT2D eigenvalue weighted by Crippen LogP contribution is -2.55. The van der Waals surface area contributed by atoms with E-state index >= 15 is 0 Å². The van der Waals surface area contributed by atoms with Crippen LogP contribution in [0.5, 0.6) is 0 Å². The third-order valence-electron chi connectivity index (χ3n) is 5.81. The van der Waals surface area contributed by atoms with E-state index in [-0.39, 0.29) is 17.7 Å². The Bertz CT molecular complexity index is 717. The number of amides is 2. The Morgan fingerprint density at radius 3 is 2.19 bits per heavy atom. The smallest absolute Gasteiger partial charge is 0.320 e. The minimum atomic E-state index is -0.998. The first-order chi connectivity index (χ1) is 14.8. The number of hydrogen-bond donors (Lipinski definition) is 4. The van der Waals surface area contributed by atoms with E-state index in [9.17, 15) is 19.5 Å². The van der Waals surface area contributed by atoms with Crippen LogP contribution in [0.3, 0.4) is 0 Å². The number of carbonyl (C=O) groups is 3. The molecule has 0 aliphatic heterocycles. The van der Waals surface area contributed by atoms with Crippen molar-refractivity contribution in [1.29, 1.82) is 0 Å². The summed E-state index contributed by atoms with van der Waals surface area (Å²) >= 11 is 0. The number of nitrogens with one attached hydrogen (secondary N) is 3. The SMILES string of the molecule is CC(C)C[C@H](NC(=O)[C@H](CC1CCCCC1)NC(C)C(=O)O)C(=O)Nc1ccccc1. The number of carboxylic acid groups (broad SMARTS) is 1. The molecule has 1 saturated carbocycles. The van der Waals surface area contributed by atoms with E-state index in [0.29, 0.717) is 24.4 Å². The van der Waals surface area contributed by atoms with E-state index < -0.39 is 24.1 Å². The molecule has 31 heavy (non-hydrogen) atoms. The highest BCUT2D eigenvalue weighted by molar-refractivity contribution is 5.97. The molecule has 1 fully saturated rings. The minimum Gasteiger partial charge on any atom is -0.480 e. The van der Waals surface area contributed by atoms with Crippen molar-refractivity contribution in [3.05, 3.63) is 30.3 Å². The normalized spacial score (nSPS) is 17.5. The molecule has 1 aliphatic rings. The van der Waals surface area contributed by atoms with Crippen LogP contribution in [0, 0.1) is 11.8 Å². The highest BCUT2D eigenvalue weighted by Gasteiger charge is 2.30. The second-order valence-electron chi connectivity index (χ2n) is 9.06. The Morgan fingerprint density at radius 1 is 0.968 bits per heavy atom. The average molecular weight is 432 g/mol. The van der Waals surface area contributed by atoms with Gasteiger partial charge in [0.2, 0.25) is 11.8 Å².